The predicted molar refractivity (Wildman–Crippen MR) is 129 cm³/mol. The Morgan fingerprint density at radius 2 is 1.89 bits per heavy atom. The first kappa shape index (κ1) is 23.5. The van der Waals surface area contributed by atoms with Crippen molar-refractivity contribution in [1.29, 1.82) is 0 Å². The van der Waals surface area contributed by atoms with E-state index in [0.29, 0.717) is 24.8 Å². The highest BCUT2D eigenvalue weighted by Crippen LogP contribution is 2.56. The van der Waals surface area contributed by atoms with Crippen LogP contribution in [-0.4, -0.2) is 43.1 Å². The van der Waals surface area contributed by atoms with Crippen LogP contribution in [-0.2, 0) is 32.7 Å². The number of benzene rings is 2. The minimum absolute atomic E-state index is 0.0497. The third-order valence-electron chi connectivity index (χ3n) is 7.91. The first-order chi connectivity index (χ1) is 17.1. The summed E-state index contributed by atoms with van der Waals surface area (Å²) in [7, 11) is 0. The topological polar surface area (TPSA) is 74.3 Å². The molecule has 5 rings (SSSR count). The number of amides is 1. The second-order valence-corrected chi connectivity index (χ2v) is 9.67. The molecule has 2 bridgehead atoms. The smallest absolute Gasteiger partial charge is 0.457 e. The summed E-state index contributed by atoms with van der Waals surface area (Å²) in [5.74, 6) is 1.10. The Morgan fingerprint density at radius 3 is 2.71 bits per heavy atom. The molecule has 0 radical (unpaired) electrons. The second-order valence-electron chi connectivity index (χ2n) is 9.67. The van der Waals surface area contributed by atoms with Gasteiger partial charge in [0.15, 0.2) is 0 Å². The van der Waals surface area contributed by atoms with Gasteiger partial charge < -0.3 is 23.8 Å². The number of fused-ring (bicyclic) bond motifs is 1. The van der Waals surface area contributed by atoms with Crippen LogP contribution in [0.4, 0.5) is 9.59 Å². The van der Waals surface area contributed by atoms with E-state index >= 15 is 0 Å². The Labute approximate surface area is 206 Å². The zero-order chi connectivity index (χ0) is 24.3. The Morgan fingerprint density at radius 1 is 1.03 bits per heavy atom. The van der Waals surface area contributed by atoms with E-state index in [9.17, 15) is 9.59 Å². The average molecular weight is 480 g/mol. The first-order valence-corrected chi connectivity index (χ1v) is 12.6. The van der Waals surface area contributed by atoms with E-state index in [1.54, 1.807) is 6.92 Å². The molecule has 1 saturated heterocycles. The molecule has 1 heterocycles. The summed E-state index contributed by atoms with van der Waals surface area (Å²) < 4.78 is 21.2. The maximum atomic E-state index is 13.2. The van der Waals surface area contributed by atoms with Crippen LogP contribution < -0.4 is 4.74 Å². The number of carbonyl (C=O) groups excluding carboxylic acids is 2. The van der Waals surface area contributed by atoms with Gasteiger partial charge in [-0.1, -0.05) is 49.2 Å². The van der Waals surface area contributed by atoms with Crippen LogP contribution >= 0.6 is 0 Å². The van der Waals surface area contributed by atoms with Crippen molar-refractivity contribution in [2.24, 2.45) is 5.92 Å². The molecule has 2 aromatic carbocycles. The summed E-state index contributed by atoms with van der Waals surface area (Å²) in [5.41, 5.74) is 3.66. The van der Waals surface area contributed by atoms with Crippen LogP contribution in [0.15, 0.2) is 48.5 Å². The predicted octanol–water partition coefficient (Wildman–Crippen LogP) is 5.59. The highest BCUT2D eigenvalue weighted by Gasteiger charge is 2.55. The third kappa shape index (κ3) is 4.68. The molecule has 3 atom stereocenters. The number of ether oxygens (including phenoxy) is 4. The van der Waals surface area contributed by atoms with Crippen LogP contribution in [0.5, 0.6) is 5.75 Å². The SMILES string of the molecule is CCOC(=O)OCOc1ccc2c(c1)[C@@]13CCCC[C@@H]1[C@H](C2)N(C(=O)OCc1ccccc1)CC3. The molecule has 1 saturated carbocycles. The highest BCUT2D eigenvalue weighted by atomic mass is 16.8. The molecule has 0 aromatic heterocycles. The molecule has 35 heavy (non-hydrogen) atoms. The van der Waals surface area contributed by atoms with E-state index in [1.807, 2.05) is 41.3 Å². The molecule has 2 fully saturated rings. The van der Waals surface area contributed by atoms with Crippen molar-refractivity contribution in [1.82, 2.24) is 4.90 Å². The molecule has 186 valence electrons. The van der Waals surface area contributed by atoms with Gasteiger partial charge in [-0.2, -0.15) is 0 Å². The molecule has 3 aliphatic rings. The fourth-order valence-electron chi connectivity index (χ4n) is 6.41. The van der Waals surface area contributed by atoms with Gasteiger partial charge in [0.25, 0.3) is 0 Å². The van der Waals surface area contributed by atoms with Crippen molar-refractivity contribution in [2.75, 3.05) is 19.9 Å². The Hall–Kier alpha value is -3.22. The number of rotatable bonds is 6. The summed E-state index contributed by atoms with van der Waals surface area (Å²) in [4.78, 5) is 26.6. The fourth-order valence-corrected chi connectivity index (χ4v) is 6.41. The van der Waals surface area contributed by atoms with E-state index in [2.05, 4.69) is 12.1 Å². The molecule has 0 unspecified atom stereocenters. The van der Waals surface area contributed by atoms with Gasteiger partial charge in [0.1, 0.15) is 12.4 Å². The minimum Gasteiger partial charge on any atom is -0.457 e. The first-order valence-electron chi connectivity index (χ1n) is 12.6. The molecular weight excluding hydrogens is 446 g/mol. The molecule has 0 spiro atoms. The van der Waals surface area contributed by atoms with E-state index in [0.717, 1.165) is 31.2 Å². The summed E-state index contributed by atoms with van der Waals surface area (Å²) in [6, 6.07) is 16.1. The van der Waals surface area contributed by atoms with Crippen LogP contribution in [0.3, 0.4) is 0 Å². The lowest BCUT2D eigenvalue weighted by Crippen LogP contribution is -2.62. The number of likely N-dealkylation sites (tertiary alicyclic amines) is 1. The van der Waals surface area contributed by atoms with Crippen LogP contribution in [0.1, 0.15) is 55.7 Å². The maximum Gasteiger partial charge on any atom is 0.511 e. The molecular formula is C28H33NO6. The fraction of sp³-hybridized carbons (Fsp3) is 0.500. The summed E-state index contributed by atoms with van der Waals surface area (Å²) in [6.45, 7) is 2.81. The van der Waals surface area contributed by atoms with Crippen LogP contribution in [0.2, 0.25) is 0 Å². The van der Waals surface area contributed by atoms with Crippen LogP contribution in [0, 0.1) is 5.92 Å². The Bertz CT molecular complexity index is 1060. The quantitative estimate of drug-likeness (QED) is 0.397. The van der Waals surface area contributed by atoms with Gasteiger partial charge in [-0.05, 0) is 67.3 Å². The molecule has 2 aromatic rings. The molecule has 0 N–H and O–H groups in total. The lowest BCUT2D eigenvalue weighted by Gasteiger charge is -2.58. The van der Waals surface area contributed by atoms with Gasteiger partial charge in [-0.15, -0.1) is 0 Å². The summed E-state index contributed by atoms with van der Waals surface area (Å²) >= 11 is 0. The van der Waals surface area contributed by atoms with Crippen molar-refractivity contribution in [2.45, 2.75) is 63.5 Å². The van der Waals surface area contributed by atoms with Crippen molar-refractivity contribution in [3.63, 3.8) is 0 Å². The van der Waals surface area contributed by atoms with E-state index in [4.69, 9.17) is 18.9 Å². The number of carbonyl (C=O) groups is 2. The number of hydrogen-bond acceptors (Lipinski definition) is 6. The van der Waals surface area contributed by atoms with Gasteiger partial charge in [0, 0.05) is 18.0 Å². The van der Waals surface area contributed by atoms with Gasteiger partial charge >= 0.3 is 12.2 Å². The normalized spacial score (nSPS) is 24.5. The number of piperidine rings is 1. The standard InChI is InChI=1S/C28H33NO6/c1-2-32-27(31)35-19-34-22-12-11-21-16-25-23-10-6-7-13-28(23,24(21)17-22)14-15-29(25)26(30)33-18-20-8-4-3-5-9-20/h3-5,8-9,11-12,17,23,25H,2,6-7,10,13-16,18-19H2,1H3/t23-,25+,28-/m1/s1. The summed E-state index contributed by atoms with van der Waals surface area (Å²) in [6.07, 6.45) is 5.42. The average Bonchev–Trinajstić information content (AvgIpc) is 2.88. The van der Waals surface area contributed by atoms with Gasteiger partial charge in [-0.25, -0.2) is 9.59 Å². The van der Waals surface area contributed by atoms with Gasteiger partial charge in [-0.3, -0.25) is 0 Å². The highest BCUT2D eigenvalue weighted by molar-refractivity contribution is 5.69. The molecule has 1 aliphatic heterocycles. The van der Waals surface area contributed by atoms with E-state index in [1.165, 1.54) is 24.0 Å². The van der Waals surface area contributed by atoms with Crippen molar-refractivity contribution in [3.8, 4) is 5.75 Å². The maximum absolute atomic E-state index is 13.2. The lowest BCUT2D eigenvalue weighted by atomic mass is 9.52. The molecule has 2 aliphatic carbocycles. The van der Waals surface area contributed by atoms with E-state index < -0.39 is 6.16 Å². The minimum atomic E-state index is -0.731. The summed E-state index contributed by atoms with van der Waals surface area (Å²) in [5, 5.41) is 0. The zero-order valence-electron chi connectivity index (χ0n) is 20.2. The number of hydrogen-bond donors (Lipinski definition) is 0. The lowest BCUT2D eigenvalue weighted by molar-refractivity contribution is -0.0143. The Kier molecular flexibility index (Phi) is 6.84. The molecule has 7 nitrogen and oxygen atoms in total. The van der Waals surface area contributed by atoms with Crippen molar-refractivity contribution >= 4 is 12.2 Å². The van der Waals surface area contributed by atoms with Crippen molar-refractivity contribution < 1.29 is 28.5 Å². The zero-order valence-corrected chi connectivity index (χ0v) is 20.2. The third-order valence-corrected chi connectivity index (χ3v) is 7.91. The largest absolute Gasteiger partial charge is 0.511 e. The molecule has 1 amide bonds. The van der Waals surface area contributed by atoms with Gasteiger partial charge in [0.2, 0.25) is 6.79 Å². The van der Waals surface area contributed by atoms with Crippen LogP contribution in [0.25, 0.3) is 0 Å². The monoisotopic (exact) mass is 479 g/mol. The number of nitrogens with zero attached hydrogens (tertiary/aromatic N) is 1. The molecule has 7 heteroatoms. The van der Waals surface area contributed by atoms with E-state index in [-0.39, 0.29) is 30.9 Å². The van der Waals surface area contributed by atoms with Gasteiger partial charge in [0.05, 0.1) is 6.61 Å². The Balaban J connectivity index is 1.33. The second kappa shape index (κ2) is 10.2. The van der Waals surface area contributed by atoms with Crippen molar-refractivity contribution in [3.05, 3.63) is 65.2 Å².